The van der Waals surface area contributed by atoms with Gasteiger partial charge in [0.2, 0.25) is 0 Å². The van der Waals surface area contributed by atoms with Crippen LogP contribution in [0.5, 0.6) is 0 Å². The minimum atomic E-state index is 0.774. The van der Waals surface area contributed by atoms with Crippen LogP contribution in [0, 0.1) is 0 Å². The van der Waals surface area contributed by atoms with E-state index in [1.807, 2.05) is 14.1 Å². The third kappa shape index (κ3) is 2.70. The van der Waals surface area contributed by atoms with Crippen molar-refractivity contribution in [3.8, 4) is 10.6 Å². The van der Waals surface area contributed by atoms with Gasteiger partial charge < -0.3 is 4.90 Å². The molecular weight excluding hydrogens is 260 g/mol. The van der Waals surface area contributed by atoms with Crippen LogP contribution >= 0.6 is 24.0 Å². The summed E-state index contributed by atoms with van der Waals surface area (Å²) in [6.07, 6.45) is 0.974. The fraction of sp³-hybridized carbons (Fsp3) is 0.357. The predicted octanol–water partition coefficient (Wildman–Crippen LogP) is 3.87. The lowest BCUT2D eigenvalue weighted by Gasteiger charge is -2.11. The van der Waals surface area contributed by atoms with E-state index in [-0.39, 0.29) is 0 Å². The highest BCUT2D eigenvalue weighted by Gasteiger charge is 2.10. The molecule has 2 aromatic rings. The van der Waals surface area contributed by atoms with Crippen LogP contribution in [0.2, 0.25) is 0 Å². The molecule has 0 aliphatic carbocycles. The Morgan fingerprint density at radius 2 is 1.89 bits per heavy atom. The normalized spacial score (nSPS) is 10.7. The number of benzene rings is 1. The summed E-state index contributed by atoms with van der Waals surface area (Å²) in [6.45, 7) is 2.14. The molecule has 1 aromatic heterocycles. The molecule has 0 saturated heterocycles. The number of aromatic nitrogens is 1. The molecule has 0 aliphatic heterocycles. The van der Waals surface area contributed by atoms with Crippen LogP contribution in [-0.4, -0.2) is 19.1 Å². The molecular formula is C14H18N2S2. The molecule has 0 bridgehead atoms. The van der Waals surface area contributed by atoms with Gasteiger partial charge in [0, 0.05) is 36.0 Å². The van der Waals surface area contributed by atoms with E-state index in [1.165, 1.54) is 21.8 Å². The van der Waals surface area contributed by atoms with Crippen LogP contribution in [0.3, 0.4) is 0 Å². The molecule has 0 amide bonds. The van der Waals surface area contributed by atoms with Gasteiger partial charge in [0.25, 0.3) is 0 Å². The van der Waals surface area contributed by atoms with Gasteiger partial charge in [-0.15, -0.1) is 11.3 Å². The highest BCUT2D eigenvalue weighted by atomic mass is 32.1. The van der Waals surface area contributed by atoms with Crippen molar-refractivity contribution < 1.29 is 0 Å². The molecule has 0 fully saturated rings. The van der Waals surface area contributed by atoms with Gasteiger partial charge >= 0.3 is 0 Å². The van der Waals surface area contributed by atoms with Crippen molar-refractivity contribution >= 4 is 29.7 Å². The van der Waals surface area contributed by atoms with Gasteiger partial charge in [-0.2, -0.15) is 12.6 Å². The van der Waals surface area contributed by atoms with Gasteiger partial charge in [-0.05, 0) is 30.7 Å². The van der Waals surface area contributed by atoms with Crippen molar-refractivity contribution in [2.75, 3.05) is 19.0 Å². The van der Waals surface area contributed by atoms with E-state index in [4.69, 9.17) is 4.98 Å². The Morgan fingerprint density at radius 1 is 1.22 bits per heavy atom. The highest BCUT2D eigenvalue weighted by molar-refractivity contribution is 7.79. The number of hydrogen-bond donors (Lipinski definition) is 1. The second-order valence-corrected chi connectivity index (χ2v) is 5.74. The Labute approximate surface area is 118 Å². The van der Waals surface area contributed by atoms with Gasteiger partial charge in [-0.3, -0.25) is 0 Å². The summed E-state index contributed by atoms with van der Waals surface area (Å²) < 4.78 is 0. The van der Waals surface area contributed by atoms with E-state index in [2.05, 4.69) is 48.7 Å². The predicted molar refractivity (Wildman–Crippen MR) is 83.9 cm³/mol. The van der Waals surface area contributed by atoms with Crippen LogP contribution < -0.4 is 4.90 Å². The van der Waals surface area contributed by atoms with E-state index < -0.39 is 0 Å². The molecule has 1 heterocycles. The summed E-state index contributed by atoms with van der Waals surface area (Å²) in [5.74, 6) is 0.774. The number of thiazole rings is 1. The SMILES string of the molecule is CCc1nc(-c2ccc(N(C)C)cc2)sc1CS. The number of rotatable bonds is 4. The van der Waals surface area contributed by atoms with Crippen molar-refractivity contribution in [2.45, 2.75) is 19.1 Å². The number of aryl methyl sites for hydroxylation is 1. The molecule has 0 atom stereocenters. The molecule has 96 valence electrons. The van der Waals surface area contributed by atoms with Crippen molar-refractivity contribution in [1.82, 2.24) is 4.98 Å². The zero-order valence-electron chi connectivity index (χ0n) is 11.0. The smallest absolute Gasteiger partial charge is 0.123 e. The van der Waals surface area contributed by atoms with E-state index >= 15 is 0 Å². The minimum absolute atomic E-state index is 0.774. The van der Waals surface area contributed by atoms with E-state index in [0.717, 1.165) is 17.2 Å². The summed E-state index contributed by atoms with van der Waals surface area (Å²) in [4.78, 5) is 8.08. The molecule has 2 nitrogen and oxygen atoms in total. The summed E-state index contributed by atoms with van der Waals surface area (Å²) in [5, 5.41) is 1.10. The largest absolute Gasteiger partial charge is 0.378 e. The molecule has 2 rings (SSSR count). The second-order valence-electron chi connectivity index (χ2n) is 4.34. The van der Waals surface area contributed by atoms with Gasteiger partial charge in [-0.1, -0.05) is 6.92 Å². The summed E-state index contributed by atoms with van der Waals surface area (Å²) >= 11 is 6.12. The van der Waals surface area contributed by atoms with Gasteiger partial charge in [-0.25, -0.2) is 4.98 Å². The number of hydrogen-bond acceptors (Lipinski definition) is 4. The Balaban J connectivity index is 2.33. The van der Waals surface area contributed by atoms with E-state index in [1.54, 1.807) is 11.3 Å². The van der Waals surface area contributed by atoms with Crippen molar-refractivity contribution in [3.63, 3.8) is 0 Å². The molecule has 4 heteroatoms. The standard InChI is InChI=1S/C14H18N2S2/c1-4-12-13(9-17)18-14(15-12)10-5-7-11(8-6-10)16(2)3/h5-8,17H,4,9H2,1-3H3. The molecule has 0 unspecified atom stereocenters. The van der Waals surface area contributed by atoms with E-state index in [0.29, 0.717) is 0 Å². The maximum absolute atomic E-state index is 4.70. The maximum atomic E-state index is 4.70. The average Bonchev–Trinajstić information content (AvgIpc) is 2.82. The fourth-order valence-electron chi connectivity index (χ4n) is 1.81. The second kappa shape index (κ2) is 5.76. The zero-order valence-corrected chi connectivity index (χ0v) is 12.7. The van der Waals surface area contributed by atoms with Gasteiger partial charge in [0.15, 0.2) is 0 Å². The first-order valence-electron chi connectivity index (χ1n) is 6.03. The molecule has 18 heavy (non-hydrogen) atoms. The first-order chi connectivity index (χ1) is 8.65. The molecule has 0 N–H and O–H groups in total. The summed E-state index contributed by atoms with van der Waals surface area (Å²) in [7, 11) is 4.10. The lowest BCUT2D eigenvalue weighted by molar-refractivity contribution is 1.04. The number of anilines is 1. The topological polar surface area (TPSA) is 16.1 Å². The maximum Gasteiger partial charge on any atom is 0.123 e. The third-order valence-electron chi connectivity index (χ3n) is 2.89. The van der Waals surface area contributed by atoms with E-state index in [9.17, 15) is 0 Å². The third-order valence-corrected chi connectivity index (χ3v) is 4.56. The minimum Gasteiger partial charge on any atom is -0.378 e. The number of nitrogens with zero attached hydrogens (tertiary/aromatic N) is 2. The Bertz CT molecular complexity index is 494. The quantitative estimate of drug-likeness (QED) is 0.855. The summed E-state index contributed by atoms with van der Waals surface area (Å²) in [5.41, 5.74) is 3.58. The van der Waals surface area contributed by atoms with Crippen molar-refractivity contribution in [2.24, 2.45) is 0 Å². The van der Waals surface area contributed by atoms with Crippen molar-refractivity contribution in [3.05, 3.63) is 34.8 Å². The van der Waals surface area contributed by atoms with Crippen LogP contribution in [-0.2, 0) is 12.2 Å². The Kier molecular flexibility index (Phi) is 4.30. The highest BCUT2D eigenvalue weighted by Crippen LogP contribution is 2.30. The molecule has 0 spiro atoms. The Hall–Kier alpha value is -1.00. The van der Waals surface area contributed by atoms with Gasteiger partial charge in [0.05, 0.1) is 5.69 Å². The van der Waals surface area contributed by atoms with Gasteiger partial charge in [0.1, 0.15) is 5.01 Å². The summed E-state index contributed by atoms with van der Waals surface area (Å²) in [6, 6.07) is 8.53. The van der Waals surface area contributed by atoms with Crippen LogP contribution in [0.1, 0.15) is 17.5 Å². The van der Waals surface area contributed by atoms with Crippen molar-refractivity contribution in [1.29, 1.82) is 0 Å². The first kappa shape index (κ1) is 13.4. The van der Waals surface area contributed by atoms with Crippen LogP contribution in [0.4, 0.5) is 5.69 Å². The monoisotopic (exact) mass is 278 g/mol. The zero-order chi connectivity index (χ0) is 13.1. The molecule has 1 aromatic carbocycles. The Morgan fingerprint density at radius 3 is 2.33 bits per heavy atom. The average molecular weight is 278 g/mol. The van der Waals surface area contributed by atoms with Crippen LogP contribution in [0.25, 0.3) is 10.6 Å². The first-order valence-corrected chi connectivity index (χ1v) is 7.47. The number of thiol groups is 1. The lowest BCUT2D eigenvalue weighted by Crippen LogP contribution is -2.07. The lowest BCUT2D eigenvalue weighted by atomic mass is 10.2. The van der Waals surface area contributed by atoms with Crippen LogP contribution in [0.15, 0.2) is 24.3 Å². The molecule has 0 aliphatic rings. The molecule has 0 saturated carbocycles. The molecule has 0 radical (unpaired) electrons. The fourth-order valence-corrected chi connectivity index (χ4v) is 3.20.